The molecule has 100 valence electrons. The van der Waals surface area contributed by atoms with E-state index in [0.717, 1.165) is 6.54 Å². The summed E-state index contributed by atoms with van der Waals surface area (Å²) in [5.41, 5.74) is 0. The second kappa shape index (κ2) is 6.97. The third-order valence-electron chi connectivity index (χ3n) is 3.94. The summed E-state index contributed by atoms with van der Waals surface area (Å²) in [5, 5.41) is 8.70. The van der Waals surface area contributed by atoms with Crippen LogP contribution in [0.2, 0.25) is 0 Å². The molecule has 0 aliphatic carbocycles. The van der Waals surface area contributed by atoms with E-state index >= 15 is 0 Å². The van der Waals surface area contributed by atoms with E-state index < -0.39 is 5.97 Å². The topological polar surface area (TPSA) is 43.8 Å². The quantitative estimate of drug-likeness (QED) is 0.769. The van der Waals surface area contributed by atoms with Crippen LogP contribution in [-0.4, -0.2) is 59.6 Å². The van der Waals surface area contributed by atoms with Crippen molar-refractivity contribution in [3.8, 4) is 0 Å². The zero-order valence-corrected chi connectivity index (χ0v) is 11.4. The predicted octanol–water partition coefficient (Wildman–Crippen LogP) is 1.66. The molecule has 2 unspecified atom stereocenters. The Morgan fingerprint density at radius 3 is 2.88 bits per heavy atom. The van der Waals surface area contributed by atoms with Gasteiger partial charge in [-0.05, 0) is 39.8 Å². The van der Waals surface area contributed by atoms with Crippen LogP contribution >= 0.6 is 0 Å². The van der Waals surface area contributed by atoms with Gasteiger partial charge in [0.15, 0.2) is 0 Å². The molecule has 2 atom stereocenters. The molecule has 1 aliphatic heterocycles. The number of aliphatic carboxylic acids is 1. The highest BCUT2D eigenvalue weighted by Gasteiger charge is 2.25. The zero-order chi connectivity index (χ0) is 12.8. The Labute approximate surface area is 105 Å². The summed E-state index contributed by atoms with van der Waals surface area (Å²) in [7, 11) is 2.05. The molecule has 0 aromatic heterocycles. The van der Waals surface area contributed by atoms with Gasteiger partial charge in [0, 0.05) is 25.2 Å². The molecule has 0 spiro atoms. The van der Waals surface area contributed by atoms with Crippen molar-refractivity contribution >= 4 is 5.97 Å². The summed E-state index contributed by atoms with van der Waals surface area (Å²) in [6.45, 7) is 7.44. The van der Waals surface area contributed by atoms with E-state index in [4.69, 9.17) is 5.11 Å². The molecule has 1 saturated heterocycles. The Balaban J connectivity index is 2.40. The number of nitrogens with zero attached hydrogens (tertiary/aromatic N) is 2. The molecular weight excluding hydrogens is 216 g/mol. The minimum Gasteiger partial charge on any atom is -0.481 e. The second-order valence-electron chi connectivity index (χ2n) is 5.17. The lowest BCUT2D eigenvalue weighted by Gasteiger charge is -2.40. The van der Waals surface area contributed by atoms with Gasteiger partial charge in [-0.1, -0.05) is 6.92 Å². The third-order valence-corrected chi connectivity index (χ3v) is 3.94. The highest BCUT2D eigenvalue weighted by Crippen LogP contribution is 2.18. The number of likely N-dealkylation sites (N-methyl/N-ethyl adjacent to an activating group) is 1. The summed E-state index contributed by atoms with van der Waals surface area (Å²) in [4.78, 5) is 15.3. The van der Waals surface area contributed by atoms with Gasteiger partial charge in [-0.3, -0.25) is 9.69 Å². The van der Waals surface area contributed by atoms with Crippen LogP contribution in [0.1, 0.15) is 39.5 Å². The summed E-state index contributed by atoms with van der Waals surface area (Å²) in [6, 6.07) is 1.17. The standard InChI is InChI=1S/C13H26N2O2/c1-4-11(2)15-8-5-6-12(10-15)14(3)9-7-13(16)17/h11-12H,4-10H2,1-3H3,(H,16,17). The number of hydrogen-bond acceptors (Lipinski definition) is 3. The fourth-order valence-corrected chi connectivity index (χ4v) is 2.46. The molecule has 4 nitrogen and oxygen atoms in total. The first kappa shape index (κ1) is 14.5. The van der Waals surface area contributed by atoms with Crippen molar-refractivity contribution in [1.82, 2.24) is 9.80 Å². The molecule has 0 amide bonds. The number of likely N-dealkylation sites (tertiary alicyclic amines) is 1. The van der Waals surface area contributed by atoms with Gasteiger partial charge in [-0.2, -0.15) is 0 Å². The van der Waals surface area contributed by atoms with E-state index in [1.54, 1.807) is 0 Å². The Hall–Kier alpha value is -0.610. The van der Waals surface area contributed by atoms with Crippen LogP contribution in [-0.2, 0) is 4.79 Å². The molecule has 0 radical (unpaired) electrons. The smallest absolute Gasteiger partial charge is 0.304 e. The number of carbonyl (C=O) groups is 1. The third kappa shape index (κ3) is 4.64. The molecule has 0 aromatic rings. The second-order valence-corrected chi connectivity index (χ2v) is 5.17. The molecular formula is C13H26N2O2. The molecule has 1 heterocycles. The maximum atomic E-state index is 10.6. The average Bonchev–Trinajstić information content (AvgIpc) is 2.35. The summed E-state index contributed by atoms with van der Waals surface area (Å²) >= 11 is 0. The van der Waals surface area contributed by atoms with Crippen molar-refractivity contribution in [2.24, 2.45) is 0 Å². The fraction of sp³-hybridized carbons (Fsp3) is 0.923. The molecule has 0 aromatic carbocycles. The number of carboxylic acids is 1. The van der Waals surface area contributed by atoms with Gasteiger partial charge in [-0.15, -0.1) is 0 Å². The van der Waals surface area contributed by atoms with Crippen molar-refractivity contribution in [1.29, 1.82) is 0 Å². The number of carboxylic acid groups (broad SMARTS) is 1. The van der Waals surface area contributed by atoms with Crippen molar-refractivity contribution < 1.29 is 9.90 Å². The minimum absolute atomic E-state index is 0.246. The first-order valence-corrected chi connectivity index (χ1v) is 6.70. The highest BCUT2D eigenvalue weighted by molar-refractivity contribution is 5.66. The molecule has 17 heavy (non-hydrogen) atoms. The molecule has 4 heteroatoms. The molecule has 1 aliphatic rings. The maximum Gasteiger partial charge on any atom is 0.304 e. The van der Waals surface area contributed by atoms with Gasteiger partial charge in [0.1, 0.15) is 0 Å². The number of hydrogen-bond donors (Lipinski definition) is 1. The van der Waals surface area contributed by atoms with Crippen LogP contribution in [0.15, 0.2) is 0 Å². The van der Waals surface area contributed by atoms with Gasteiger partial charge in [0.05, 0.1) is 6.42 Å². The lowest BCUT2D eigenvalue weighted by Crippen LogP contribution is -2.49. The van der Waals surface area contributed by atoms with Crippen molar-refractivity contribution in [3.63, 3.8) is 0 Å². The van der Waals surface area contributed by atoms with Crippen LogP contribution in [0.5, 0.6) is 0 Å². The Morgan fingerprint density at radius 2 is 2.29 bits per heavy atom. The predicted molar refractivity (Wildman–Crippen MR) is 69.2 cm³/mol. The van der Waals surface area contributed by atoms with E-state index in [1.807, 2.05) is 7.05 Å². The Kier molecular flexibility index (Phi) is 5.92. The average molecular weight is 242 g/mol. The molecule has 0 saturated carbocycles. The number of piperidine rings is 1. The first-order chi connectivity index (χ1) is 8.04. The summed E-state index contributed by atoms with van der Waals surface area (Å²) in [5.74, 6) is -0.702. The van der Waals surface area contributed by atoms with Gasteiger partial charge in [0.25, 0.3) is 0 Å². The van der Waals surface area contributed by atoms with E-state index in [-0.39, 0.29) is 6.42 Å². The SMILES string of the molecule is CCC(C)N1CCCC(N(C)CCC(=O)O)C1. The van der Waals surface area contributed by atoms with Gasteiger partial charge in [-0.25, -0.2) is 0 Å². The lowest BCUT2D eigenvalue weighted by atomic mass is 10.0. The number of rotatable bonds is 6. The maximum absolute atomic E-state index is 10.6. The van der Waals surface area contributed by atoms with E-state index in [2.05, 4.69) is 23.6 Å². The van der Waals surface area contributed by atoms with Crippen LogP contribution < -0.4 is 0 Å². The zero-order valence-electron chi connectivity index (χ0n) is 11.4. The Bertz CT molecular complexity index is 246. The minimum atomic E-state index is -0.702. The van der Waals surface area contributed by atoms with Gasteiger partial charge >= 0.3 is 5.97 Å². The van der Waals surface area contributed by atoms with Gasteiger partial charge in [0.2, 0.25) is 0 Å². The van der Waals surface area contributed by atoms with Crippen LogP contribution in [0.3, 0.4) is 0 Å². The molecule has 0 bridgehead atoms. The Morgan fingerprint density at radius 1 is 1.59 bits per heavy atom. The normalized spacial score (nSPS) is 23.9. The van der Waals surface area contributed by atoms with E-state index in [0.29, 0.717) is 18.6 Å². The van der Waals surface area contributed by atoms with Crippen LogP contribution in [0.25, 0.3) is 0 Å². The monoisotopic (exact) mass is 242 g/mol. The lowest BCUT2D eigenvalue weighted by molar-refractivity contribution is -0.137. The van der Waals surface area contributed by atoms with Crippen LogP contribution in [0, 0.1) is 0 Å². The van der Waals surface area contributed by atoms with E-state index in [1.165, 1.54) is 25.8 Å². The van der Waals surface area contributed by atoms with E-state index in [9.17, 15) is 4.79 Å². The summed E-state index contributed by atoms with van der Waals surface area (Å²) < 4.78 is 0. The van der Waals surface area contributed by atoms with Gasteiger partial charge < -0.3 is 10.0 Å². The van der Waals surface area contributed by atoms with Crippen molar-refractivity contribution in [2.45, 2.75) is 51.6 Å². The van der Waals surface area contributed by atoms with Crippen LogP contribution in [0.4, 0.5) is 0 Å². The largest absolute Gasteiger partial charge is 0.481 e. The summed E-state index contributed by atoms with van der Waals surface area (Å²) in [6.07, 6.45) is 3.86. The molecule has 1 rings (SSSR count). The molecule has 1 fully saturated rings. The first-order valence-electron chi connectivity index (χ1n) is 6.70. The fourth-order valence-electron chi connectivity index (χ4n) is 2.46. The van der Waals surface area contributed by atoms with Crippen molar-refractivity contribution in [3.05, 3.63) is 0 Å². The highest BCUT2D eigenvalue weighted by atomic mass is 16.4. The molecule has 1 N–H and O–H groups in total. The van der Waals surface area contributed by atoms with Crippen molar-refractivity contribution in [2.75, 3.05) is 26.7 Å².